The zero-order valence-electron chi connectivity index (χ0n) is 13.2. The van der Waals surface area contributed by atoms with E-state index in [2.05, 4.69) is 20.8 Å². The maximum absolute atomic E-state index is 11.7. The molecule has 4 nitrogen and oxygen atoms in total. The number of rotatable bonds is 4. The number of hydrogen-bond donors (Lipinski definition) is 1. The van der Waals surface area contributed by atoms with Crippen molar-refractivity contribution in [3.05, 3.63) is 12.2 Å². The molecule has 0 aliphatic heterocycles. The van der Waals surface area contributed by atoms with Gasteiger partial charge in [0.05, 0.1) is 0 Å². The van der Waals surface area contributed by atoms with Crippen LogP contribution >= 0.6 is 0 Å². The van der Waals surface area contributed by atoms with E-state index in [4.69, 9.17) is 9.84 Å². The van der Waals surface area contributed by atoms with Crippen LogP contribution in [0.2, 0.25) is 0 Å². The summed E-state index contributed by atoms with van der Waals surface area (Å²) in [5.41, 5.74) is 0.0470. The number of hydrogen-bond acceptors (Lipinski definition) is 3. The Kier molecular flexibility index (Phi) is 4.45. The first-order valence-corrected chi connectivity index (χ1v) is 7.87. The fourth-order valence-electron chi connectivity index (χ4n) is 3.58. The predicted octanol–water partition coefficient (Wildman–Crippen LogP) is 3.56. The molecule has 0 aromatic heterocycles. The Morgan fingerprint density at radius 3 is 2.10 bits per heavy atom. The fourth-order valence-corrected chi connectivity index (χ4v) is 3.58. The van der Waals surface area contributed by atoms with E-state index in [0.29, 0.717) is 11.3 Å². The number of carboxylic acid groups (broad SMARTS) is 1. The van der Waals surface area contributed by atoms with E-state index in [0.717, 1.165) is 43.8 Å². The molecule has 2 saturated carbocycles. The first-order chi connectivity index (χ1) is 9.73. The summed E-state index contributed by atoms with van der Waals surface area (Å²) in [6.45, 7) is 6.88. The number of carboxylic acids is 1. The molecule has 4 heteroatoms. The summed E-state index contributed by atoms with van der Waals surface area (Å²) in [6.07, 6.45) is 8.31. The van der Waals surface area contributed by atoms with Crippen LogP contribution < -0.4 is 0 Å². The molecule has 21 heavy (non-hydrogen) atoms. The van der Waals surface area contributed by atoms with Gasteiger partial charge in [0.25, 0.3) is 0 Å². The summed E-state index contributed by atoms with van der Waals surface area (Å²) in [4.78, 5) is 22.1. The molecule has 118 valence electrons. The van der Waals surface area contributed by atoms with Crippen LogP contribution in [0.25, 0.3) is 0 Å². The molecule has 0 radical (unpaired) electrons. The normalized spacial score (nSPS) is 28.3. The lowest BCUT2D eigenvalue weighted by Gasteiger charge is -2.39. The summed E-state index contributed by atoms with van der Waals surface area (Å²) in [6, 6.07) is 0. The van der Waals surface area contributed by atoms with Gasteiger partial charge >= 0.3 is 11.9 Å². The average molecular weight is 294 g/mol. The van der Waals surface area contributed by atoms with Crippen molar-refractivity contribution in [3.63, 3.8) is 0 Å². The molecule has 0 heterocycles. The molecule has 0 bridgehead atoms. The van der Waals surface area contributed by atoms with Crippen LogP contribution in [0.15, 0.2) is 12.2 Å². The van der Waals surface area contributed by atoms with Crippen molar-refractivity contribution in [2.45, 2.75) is 64.9 Å². The molecule has 1 N–H and O–H groups in total. The first kappa shape index (κ1) is 16.1. The molecule has 0 aromatic rings. The number of carbonyl (C=O) groups excluding carboxylic acids is 1. The van der Waals surface area contributed by atoms with Gasteiger partial charge in [-0.2, -0.15) is 0 Å². The van der Waals surface area contributed by atoms with E-state index < -0.39 is 11.9 Å². The number of esters is 1. The Labute approximate surface area is 126 Å². The van der Waals surface area contributed by atoms with E-state index >= 15 is 0 Å². The minimum atomic E-state index is -1.12. The third kappa shape index (κ3) is 4.08. The van der Waals surface area contributed by atoms with Crippen molar-refractivity contribution in [2.75, 3.05) is 0 Å². The first-order valence-electron chi connectivity index (χ1n) is 7.87. The van der Waals surface area contributed by atoms with Gasteiger partial charge < -0.3 is 9.84 Å². The predicted molar refractivity (Wildman–Crippen MR) is 79.7 cm³/mol. The van der Waals surface area contributed by atoms with Crippen molar-refractivity contribution in [1.82, 2.24) is 0 Å². The number of ether oxygens (including phenoxy) is 1. The highest BCUT2D eigenvalue weighted by Crippen LogP contribution is 2.53. The Hall–Kier alpha value is -1.32. The van der Waals surface area contributed by atoms with Gasteiger partial charge in [-0.25, -0.2) is 9.59 Å². The SMILES string of the molecule is CC(C)(C)C1CCC(C2(OC(=O)/C=C/C(=O)O)CC2)CC1. The summed E-state index contributed by atoms with van der Waals surface area (Å²) in [7, 11) is 0. The third-order valence-electron chi connectivity index (χ3n) is 5.10. The minimum absolute atomic E-state index is 0.303. The Morgan fingerprint density at radius 2 is 1.67 bits per heavy atom. The van der Waals surface area contributed by atoms with E-state index in [1.165, 1.54) is 12.8 Å². The van der Waals surface area contributed by atoms with Crippen LogP contribution in [0.1, 0.15) is 59.3 Å². The van der Waals surface area contributed by atoms with E-state index in [1.807, 2.05) is 0 Å². The van der Waals surface area contributed by atoms with Gasteiger partial charge in [-0.1, -0.05) is 20.8 Å². The van der Waals surface area contributed by atoms with Crippen molar-refractivity contribution in [1.29, 1.82) is 0 Å². The largest absolute Gasteiger partial charge is 0.478 e. The number of carbonyl (C=O) groups is 2. The van der Waals surface area contributed by atoms with Crippen LogP contribution in [-0.2, 0) is 14.3 Å². The topological polar surface area (TPSA) is 63.6 Å². The highest BCUT2D eigenvalue weighted by molar-refractivity contribution is 5.91. The van der Waals surface area contributed by atoms with Crippen LogP contribution in [-0.4, -0.2) is 22.6 Å². The van der Waals surface area contributed by atoms with Gasteiger partial charge in [-0.3, -0.25) is 0 Å². The van der Waals surface area contributed by atoms with Crippen LogP contribution in [0.3, 0.4) is 0 Å². The standard InChI is InChI=1S/C17H26O4/c1-16(2,3)12-4-6-13(7-5-12)17(10-11-17)21-15(20)9-8-14(18)19/h8-9,12-13H,4-7,10-11H2,1-3H3,(H,18,19)/b9-8+. The van der Waals surface area contributed by atoms with Gasteiger partial charge in [-0.15, -0.1) is 0 Å². The highest BCUT2D eigenvalue weighted by Gasteiger charge is 2.53. The van der Waals surface area contributed by atoms with Crippen molar-refractivity contribution in [2.24, 2.45) is 17.3 Å². The average Bonchev–Trinajstić information content (AvgIpc) is 3.16. The van der Waals surface area contributed by atoms with Crippen LogP contribution in [0, 0.1) is 17.3 Å². The molecule has 0 unspecified atom stereocenters. The maximum Gasteiger partial charge on any atom is 0.331 e. The molecule has 0 spiro atoms. The molecule has 0 saturated heterocycles. The number of aliphatic carboxylic acids is 1. The second kappa shape index (κ2) is 5.82. The minimum Gasteiger partial charge on any atom is -0.478 e. The zero-order chi connectivity index (χ0) is 15.7. The summed E-state index contributed by atoms with van der Waals surface area (Å²) < 4.78 is 5.57. The molecule has 2 aliphatic rings. The van der Waals surface area contributed by atoms with Crippen molar-refractivity contribution in [3.8, 4) is 0 Å². The zero-order valence-corrected chi connectivity index (χ0v) is 13.2. The van der Waals surface area contributed by atoms with Gasteiger partial charge in [0, 0.05) is 12.2 Å². The van der Waals surface area contributed by atoms with Gasteiger partial charge in [0.1, 0.15) is 5.60 Å². The third-order valence-corrected chi connectivity index (χ3v) is 5.10. The lowest BCUT2D eigenvalue weighted by atomic mass is 9.68. The van der Waals surface area contributed by atoms with E-state index in [1.54, 1.807) is 0 Å². The highest BCUT2D eigenvalue weighted by atomic mass is 16.6. The summed E-state index contributed by atoms with van der Waals surface area (Å²) >= 11 is 0. The quantitative estimate of drug-likeness (QED) is 0.636. The second-order valence-electron chi connectivity index (χ2n) is 7.57. The van der Waals surface area contributed by atoms with E-state index in [9.17, 15) is 9.59 Å². The van der Waals surface area contributed by atoms with Crippen LogP contribution in [0.4, 0.5) is 0 Å². The molecule has 0 amide bonds. The molecule has 0 atom stereocenters. The van der Waals surface area contributed by atoms with Crippen LogP contribution in [0.5, 0.6) is 0 Å². The summed E-state index contributed by atoms with van der Waals surface area (Å²) in [5.74, 6) is -0.458. The van der Waals surface area contributed by atoms with Gasteiger partial charge in [0.15, 0.2) is 0 Å². The van der Waals surface area contributed by atoms with Crippen molar-refractivity contribution >= 4 is 11.9 Å². The lowest BCUT2D eigenvalue weighted by Crippen LogP contribution is -2.34. The van der Waals surface area contributed by atoms with Gasteiger partial charge in [-0.05, 0) is 55.8 Å². The Bertz CT molecular complexity index is 432. The second-order valence-corrected chi connectivity index (χ2v) is 7.57. The summed E-state index contributed by atoms with van der Waals surface area (Å²) in [5, 5.41) is 8.54. The molecular weight excluding hydrogens is 268 g/mol. The monoisotopic (exact) mass is 294 g/mol. The lowest BCUT2D eigenvalue weighted by molar-refractivity contribution is -0.150. The Morgan fingerprint density at radius 1 is 1.10 bits per heavy atom. The molecule has 2 aliphatic carbocycles. The van der Waals surface area contributed by atoms with Gasteiger partial charge in [0.2, 0.25) is 0 Å². The molecule has 2 fully saturated rings. The molecule has 2 rings (SSSR count). The Balaban J connectivity index is 1.88. The fraction of sp³-hybridized carbons (Fsp3) is 0.765. The van der Waals surface area contributed by atoms with Crippen molar-refractivity contribution < 1.29 is 19.4 Å². The molecular formula is C17H26O4. The molecule has 0 aromatic carbocycles. The smallest absolute Gasteiger partial charge is 0.331 e. The maximum atomic E-state index is 11.7. The van der Waals surface area contributed by atoms with E-state index in [-0.39, 0.29) is 5.60 Å².